The lowest BCUT2D eigenvalue weighted by molar-refractivity contribution is -0.00451. The van der Waals surface area contributed by atoms with Crippen LogP contribution in [0.2, 0.25) is 0 Å². The van der Waals surface area contributed by atoms with Crippen LogP contribution >= 0.6 is 22.6 Å². The molecule has 0 spiro atoms. The number of rotatable bonds is 5. The van der Waals surface area contributed by atoms with Crippen LogP contribution in [0.4, 0.5) is 0 Å². The minimum atomic E-state index is 0.0220. The van der Waals surface area contributed by atoms with Crippen molar-refractivity contribution in [3.05, 3.63) is 9.66 Å². The Morgan fingerprint density at radius 2 is 1.92 bits per heavy atom. The molecule has 0 rings (SSSR count). The second-order valence-electron chi connectivity index (χ2n) is 4.37. The van der Waals surface area contributed by atoms with Crippen molar-refractivity contribution in [2.75, 3.05) is 6.61 Å². The molecule has 78 valence electrons. The molecule has 0 aromatic carbocycles. The van der Waals surface area contributed by atoms with Crippen molar-refractivity contribution < 1.29 is 4.74 Å². The van der Waals surface area contributed by atoms with E-state index in [1.54, 1.807) is 0 Å². The second-order valence-corrected chi connectivity index (χ2v) is 5.00. The normalized spacial score (nSPS) is 13.5. The van der Waals surface area contributed by atoms with Gasteiger partial charge in [-0.3, -0.25) is 0 Å². The zero-order chi connectivity index (χ0) is 10.3. The summed E-state index contributed by atoms with van der Waals surface area (Å²) in [7, 11) is 0. The first-order chi connectivity index (χ1) is 5.95. The minimum absolute atomic E-state index is 0.0220. The number of hydrogen-bond acceptors (Lipinski definition) is 1. The van der Waals surface area contributed by atoms with Crippen LogP contribution < -0.4 is 0 Å². The quantitative estimate of drug-likeness (QED) is 0.542. The van der Waals surface area contributed by atoms with Gasteiger partial charge in [0.25, 0.3) is 0 Å². The lowest BCUT2D eigenvalue weighted by Crippen LogP contribution is -2.19. The van der Waals surface area contributed by atoms with Crippen molar-refractivity contribution in [3.8, 4) is 0 Å². The first-order valence-corrected chi connectivity index (χ1v) is 6.10. The number of unbranched alkanes of at least 4 members (excludes halogenated alkanes) is 1. The third-order valence-corrected chi connectivity index (χ3v) is 2.75. The van der Waals surface area contributed by atoms with E-state index < -0.39 is 0 Å². The molecule has 0 saturated carbocycles. The maximum absolute atomic E-state index is 5.62. The van der Waals surface area contributed by atoms with Crippen molar-refractivity contribution in [2.45, 2.75) is 52.6 Å². The topological polar surface area (TPSA) is 9.23 Å². The van der Waals surface area contributed by atoms with E-state index >= 15 is 0 Å². The summed E-state index contributed by atoms with van der Waals surface area (Å²) in [5.74, 6) is 0. The first-order valence-electron chi connectivity index (χ1n) is 4.85. The largest absolute Gasteiger partial charge is 0.376 e. The van der Waals surface area contributed by atoms with Crippen molar-refractivity contribution in [3.63, 3.8) is 0 Å². The highest BCUT2D eigenvalue weighted by molar-refractivity contribution is 14.1. The molecule has 0 aliphatic rings. The third-order valence-electron chi connectivity index (χ3n) is 1.69. The van der Waals surface area contributed by atoms with Crippen LogP contribution in [-0.2, 0) is 4.74 Å². The number of allylic oxidation sites excluding steroid dienone is 1. The van der Waals surface area contributed by atoms with E-state index in [2.05, 4.69) is 54.4 Å². The fourth-order valence-electron chi connectivity index (χ4n) is 0.939. The molecule has 0 atom stereocenters. The van der Waals surface area contributed by atoms with Gasteiger partial charge in [0.2, 0.25) is 0 Å². The van der Waals surface area contributed by atoms with Gasteiger partial charge < -0.3 is 4.74 Å². The van der Waals surface area contributed by atoms with E-state index in [9.17, 15) is 0 Å². The lowest BCUT2D eigenvalue weighted by atomic mass is 10.1. The van der Waals surface area contributed by atoms with Crippen LogP contribution in [0.3, 0.4) is 0 Å². The summed E-state index contributed by atoms with van der Waals surface area (Å²) in [5, 5.41) is 0. The maximum Gasteiger partial charge on any atom is 0.0598 e. The molecule has 0 unspecified atom stereocenters. The molecule has 0 aliphatic heterocycles. The molecule has 13 heavy (non-hydrogen) atoms. The van der Waals surface area contributed by atoms with Gasteiger partial charge in [0.1, 0.15) is 0 Å². The Morgan fingerprint density at radius 3 is 2.38 bits per heavy atom. The predicted molar refractivity (Wildman–Crippen MR) is 67.3 cm³/mol. The molecule has 0 fully saturated rings. The third kappa shape index (κ3) is 10.4. The van der Waals surface area contributed by atoms with Crippen LogP contribution in [0, 0.1) is 0 Å². The molecule has 0 bridgehead atoms. The Morgan fingerprint density at radius 1 is 1.31 bits per heavy atom. The molecular weight excluding hydrogens is 275 g/mol. The minimum Gasteiger partial charge on any atom is -0.376 e. The number of ether oxygens (including phenoxy) is 1. The summed E-state index contributed by atoms with van der Waals surface area (Å²) in [6, 6.07) is 0. The predicted octanol–water partition coefficient (Wildman–Crippen LogP) is 4.31. The van der Waals surface area contributed by atoms with Gasteiger partial charge in [-0.05, 0) is 51.0 Å². The van der Waals surface area contributed by atoms with E-state index in [0.29, 0.717) is 0 Å². The zero-order valence-electron chi connectivity index (χ0n) is 9.19. The van der Waals surface area contributed by atoms with Crippen molar-refractivity contribution in [2.24, 2.45) is 0 Å². The molecule has 0 heterocycles. The molecule has 0 radical (unpaired) electrons. The van der Waals surface area contributed by atoms with Crippen LogP contribution in [0.15, 0.2) is 9.66 Å². The Hall–Kier alpha value is 0.430. The van der Waals surface area contributed by atoms with Crippen molar-refractivity contribution in [1.29, 1.82) is 0 Å². The van der Waals surface area contributed by atoms with Gasteiger partial charge in [-0.25, -0.2) is 0 Å². The first kappa shape index (κ1) is 13.4. The standard InChI is InChI=1S/C11H21IO/c1-10(9-12)7-5-6-8-13-11(2,3)4/h9H,5-8H2,1-4H3/b10-9-. The number of hydrogen-bond donors (Lipinski definition) is 0. The summed E-state index contributed by atoms with van der Waals surface area (Å²) >= 11 is 2.29. The smallest absolute Gasteiger partial charge is 0.0598 e. The molecular formula is C11H21IO. The highest BCUT2D eigenvalue weighted by Gasteiger charge is 2.08. The van der Waals surface area contributed by atoms with Gasteiger partial charge in [-0.1, -0.05) is 28.2 Å². The van der Waals surface area contributed by atoms with Crippen LogP contribution in [0.5, 0.6) is 0 Å². The Bertz CT molecular complexity index is 156. The van der Waals surface area contributed by atoms with Gasteiger partial charge in [0.05, 0.1) is 5.60 Å². The Labute approximate surface area is 96.1 Å². The second kappa shape index (κ2) is 6.82. The average molecular weight is 296 g/mol. The van der Waals surface area contributed by atoms with E-state index in [1.807, 2.05) is 0 Å². The van der Waals surface area contributed by atoms with Gasteiger partial charge >= 0.3 is 0 Å². The molecule has 0 aromatic heterocycles. The molecule has 0 saturated heterocycles. The van der Waals surface area contributed by atoms with Crippen LogP contribution in [0.25, 0.3) is 0 Å². The van der Waals surface area contributed by atoms with Gasteiger partial charge in [-0.2, -0.15) is 0 Å². The van der Waals surface area contributed by atoms with E-state index in [0.717, 1.165) is 6.61 Å². The SMILES string of the molecule is C/C(=C/I)CCCCOC(C)(C)C. The van der Waals surface area contributed by atoms with E-state index in [1.165, 1.54) is 24.8 Å². The summed E-state index contributed by atoms with van der Waals surface area (Å²) in [6.07, 6.45) is 3.61. The molecule has 1 nitrogen and oxygen atoms in total. The molecule has 0 amide bonds. The van der Waals surface area contributed by atoms with Crippen molar-refractivity contribution in [1.82, 2.24) is 0 Å². The van der Waals surface area contributed by atoms with Crippen molar-refractivity contribution >= 4 is 22.6 Å². The van der Waals surface area contributed by atoms with E-state index in [4.69, 9.17) is 4.74 Å². The summed E-state index contributed by atoms with van der Waals surface area (Å²) in [4.78, 5) is 0. The fraction of sp³-hybridized carbons (Fsp3) is 0.818. The fourth-order valence-corrected chi connectivity index (χ4v) is 1.25. The monoisotopic (exact) mass is 296 g/mol. The molecule has 0 N–H and O–H groups in total. The molecule has 0 aromatic rings. The van der Waals surface area contributed by atoms with Gasteiger partial charge in [-0.15, -0.1) is 0 Å². The van der Waals surface area contributed by atoms with E-state index in [-0.39, 0.29) is 5.60 Å². The lowest BCUT2D eigenvalue weighted by Gasteiger charge is -2.19. The molecule has 2 heteroatoms. The average Bonchev–Trinajstić information content (AvgIpc) is 2.01. The summed E-state index contributed by atoms with van der Waals surface area (Å²) < 4.78 is 7.78. The highest BCUT2D eigenvalue weighted by Crippen LogP contribution is 2.11. The van der Waals surface area contributed by atoms with Gasteiger partial charge in [0, 0.05) is 6.61 Å². The Kier molecular flexibility index (Phi) is 7.05. The molecule has 0 aliphatic carbocycles. The maximum atomic E-state index is 5.62. The zero-order valence-corrected chi connectivity index (χ0v) is 11.3. The van der Waals surface area contributed by atoms with Gasteiger partial charge in [0.15, 0.2) is 0 Å². The number of halogens is 1. The van der Waals surface area contributed by atoms with Crippen LogP contribution in [-0.4, -0.2) is 12.2 Å². The highest BCUT2D eigenvalue weighted by atomic mass is 127. The van der Waals surface area contributed by atoms with Crippen LogP contribution in [0.1, 0.15) is 47.0 Å². The summed E-state index contributed by atoms with van der Waals surface area (Å²) in [6.45, 7) is 9.37. The Balaban J connectivity index is 3.28. The summed E-state index contributed by atoms with van der Waals surface area (Å²) in [5.41, 5.74) is 1.49.